The fraction of sp³-hybridized carbons (Fsp3) is 1.00. The molecule has 1 N–H and O–H groups in total. The van der Waals surface area contributed by atoms with Gasteiger partial charge in [-0.15, -0.1) is 0 Å². The van der Waals surface area contributed by atoms with Crippen LogP contribution in [0.4, 0.5) is 0 Å². The molecule has 106 valence electrons. The fourth-order valence-corrected chi connectivity index (χ4v) is 3.25. The molecule has 0 aromatic carbocycles. The molecule has 18 heavy (non-hydrogen) atoms. The molecule has 0 radical (unpaired) electrons. The Morgan fingerprint density at radius 1 is 1.06 bits per heavy atom. The lowest BCUT2D eigenvalue weighted by Crippen LogP contribution is -2.37. The third kappa shape index (κ3) is 5.27. The average Bonchev–Trinajstić information content (AvgIpc) is 3.18. The van der Waals surface area contributed by atoms with Crippen molar-refractivity contribution in [1.82, 2.24) is 10.2 Å². The number of nitrogens with zero attached hydrogens (tertiary/aromatic N) is 1. The lowest BCUT2D eigenvalue weighted by molar-refractivity contribution is 0.231. The molecule has 0 amide bonds. The first-order valence-corrected chi connectivity index (χ1v) is 8.20. The Hall–Kier alpha value is -0.0800. The van der Waals surface area contributed by atoms with Crippen LogP contribution in [-0.4, -0.2) is 37.1 Å². The molecule has 0 heterocycles. The van der Waals surface area contributed by atoms with Gasteiger partial charge in [0.05, 0.1) is 0 Å². The monoisotopic (exact) mass is 252 g/mol. The highest BCUT2D eigenvalue weighted by Gasteiger charge is 2.28. The molecule has 0 aliphatic heterocycles. The second-order valence-corrected chi connectivity index (χ2v) is 6.83. The van der Waals surface area contributed by atoms with Crippen LogP contribution in [0.3, 0.4) is 0 Å². The smallest absolute Gasteiger partial charge is 0.0110 e. The summed E-state index contributed by atoms with van der Waals surface area (Å²) in [5.74, 6) is 1.78. The normalized spacial score (nSPS) is 22.0. The van der Waals surface area contributed by atoms with E-state index in [1.54, 1.807) is 0 Å². The van der Waals surface area contributed by atoms with Gasteiger partial charge in [0.1, 0.15) is 0 Å². The van der Waals surface area contributed by atoms with Crippen LogP contribution in [0.5, 0.6) is 0 Å². The van der Waals surface area contributed by atoms with Crippen molar-refractivity contribution in [2.24, 2.45) is 11.8 Å². The minimum Gasteiger partial charge on any atom is -0.315 e. The minimum atomic E-state index is 0.809. The van der Waals surface area contributed by atoms with Crippen molar-refractivity contribution in [3.8, 4) is 0 Å². The SMILES string of the molecule is CC(C)CN(CCNCC1CCCCC1)C1CC1. The largest absolute Gasteiger partial charge is 0.315 e. The maximum Gasteiger partial charge on any atom is 0.0110 e. The van der Waals surface area contributed by atoms with Gasteiger partial charge < -0.3 is 5.32 Å². The summed E-state index contributed by atoms with van der Waals surface area (Å²) < 4.78 is 0. The Balaban J connectivity index is 1.55. The third-order valence-corrected chi connectivity index (χ3v) is 4.40. The average molecular weight is 252 g/mol. The van der Waals surface area contributed by atoms with E-state index < -0.39 is 0 Å². The zero-order chi connectivity index (χ0) is 12.8. The fourth-order valence-electron chi connectivity index (χ4n) is 3.25. The van der Waals surface area contributed by atoms with E-state index in [2.05, 4.69) is 24.1 Å². The van der Waals surface area contributed by atoms with Gasteiger partial charge in [-0.2, -0.15) is 0 Å². The Morgan fingerprint density at radius 3 is 2.39 bits per heavy atom. The Labute approximate surface area is 114 Å². The number of hydrogen-bond acceptors (Lipinski definition) is 2. The highest BCUT2D eigenvalue weighted by atomic mass is 15.2. The van der Waals surface area contributed by atoms with E-state index in [0.29, 0.717) is 0 Å². The lowest BCUT2D eigenvalue weighted by Gasteiger charge is -2.25. The van der Waals surface area contributed by atoms with E-state index in [4.69, 9.17) is 0 Å². The Kier molecular flexibility index (Phi) is 5.97. The summed E-state index contributed by atoms with van der Waals surface area (Å²) in [6.45, 7) is 9.68. The molecule has 0 atom stereocenters. The highest BCUT2D eigenvalue weighted by molar-refractivity contribution is 4.85. The van der Waals surface area contributed by atoms with Crippen LogP contribution in [0.1, 0.15) is 58.8 Å². The summed E-state index contributed by atoms with van der Waals surface area (Å²) >= 11 is 0. The molecule has 2 heteroatoms. The van der Waals surface area contributed by atoms with Crippen molar-refractivity contribution in [2.75, 3.05) is 26.2 Å². The minimum absolute atomic E-state index is 0.809. The lowest BCUT2D eigenvalue weighted by atomic mass is 9.89. The van der Waals surface area contributed by atoms with E-state index in [1.807, 2.05) is 0 Å². The van der Waals surface area contributed by atoms with E-state index >= 15 is 0 Å². The first-order chi connectivity index (χ1) is 8.75. The standard InChI is InChI=1S/C16H32N2/c1-14(2)13-18(16-8-9-16)11-10-17-12-15-6-4-3-5-7-15/h14-17H,3-13H2,1-2H3. The van der Waals surface area contributed by atoms with Crippen molar-refractivity contribution >= 4 is 0 Å². The summed E-state index contributed by atoms with van der Waals surface area (Å²) in [5, 5.41) is 3.70. The van der Waals surface area contributed by atoms with Crippen LogP contribution in [0.25, 0.3) is 0 Å². The molecule has 0 aromatic rings. The van der Waals surface area contributed by atoms with Gasteiger partial charge in [-0.1, -0.05) is 33.1 Å². The van der Waals surface area contributed by atoms with Crippen molar-refractivity contribution < 1.29 is 0 Å². The predicted octanol–water partition coefficient (Wildman–Crippen LogP) is 3.28. The molecule has 2 nitrogen and oxygen atoms in total. The Bertz CT molecular complexity index is 217. The van der Waals surface area contributed by atoms with Gasteiger partial charge >= 0.3 is 0 Å². The second kappa shape index (κ2) is 7.49. The van der Waals surface area contributed by atoms with Crippen LogP contribution < -0.4 is 5.32 Å². The topological polar surface area (TPSA) is 15.3 Å². The summed E-state index contributed by atoms with van der Waals surface area (Å²) in [6.07, 6.45) is 10.2. The molecule has 0 unspecified atom stereocenters. The van der Waals surface area contributed by atoms with Crippen molar-refractivity contribution in [1.29, 1.82) is 0 Å². The molecule has 2 fully saturated rings. The molecule has 2 rings (SSSR count). The predicted molar refractivity (Wildman–Crippen MR) is 78.9 cm³/mol. The molecule has 0 bridgehead atoms. The number of rotatable bonds is 8. The van der Waals surface area contributed by atoms with Crippen molar-refractivity contribution in [3.05, 3.63) is 0 Å². The summed E-state index contributed by atoms with van der Waals surface area (Å²) in [4.78, 5) is 2.71. The van der Waals surface area contributed by atoms with Gasteiger partial charge in [-0.25, -0.2) is 0 Å². The van der Waals surface area contributed by atoms with E-state index in [9.17, 15) is 0 Å². The van der Waals surface area contributed by atoms with Crippen molar-refractivity contribution in [2.45, 2.75) is 64.8 Å². The molecule has 0 aromatic heterocycles. The maximum absolute atomic E-state index is 3.70. The zero-order valence-electron chi connectivity index (χ0n) is 12.5. The van der Waals surface area contributed by atoms with Crippen molar-refractivity contribution in [3.63, 3.8) is 0 Å². The van der Waals surface area contributed by atoms with E-state index in [0.717, 1.165) is 17.9 Å². The van der Waals surface area contributed by atoms with Crippen LogP contribution in [0.15, 0.2) is 0 Å². The van der Waals surface area contributed by atoms with Gasteiger partial charge in [-0.3, -0.25) is 4.90 Å². The Morgan fingerprint density at radius 2 is 1.78 bits per heavy atom. The number of hydrogen-bond donors (Lipinski definition) is 1. The van der Waals surface area contributed by atoms with E-state index in [1.165, 1.54) is 71.1 Å². The summed E-state index contributed by atoms with van der Waals surface area (Å²) in [6, 6.07) is 0.920. The zero-order valence-corrected chi connectivity index (χ0v) is 12.5. The molecule has 0 spiro atoms. The van der Waals surface area contributed by atoms with Gasteiger partial charge in [0.2, 0.25) is 0 Å². The quantitative estimate of drug-likeness (QED) is 0.667. The molecule has 0 saturated heterocycles. The molecule has 2 aliphatic rings. The summed E-state index contributed by atoms with van der Waals surface area (Å²) in [7, 11) is 0. The summed E-state index contributed by atoms with van der Waals surface area (Å²) in [5.41, 5.74) is 0. The first-order valence-electron chi connectivity index (χ1n) is 8.20. The molecular weight excluding hydrogens is 220 g/mol. The maximum atomic E-state index is 3.70. The second-order valence-electron chi connectivity index (χ2n) is 6.83. The molecular formula is C16H32N2. The molecule has 2 saturated carbocycles. The highest BCUT2D eigenvalue weighted by Crippen LogP contribution is 2.27. The number of nitrogens with one attached hydrogen (secondary N) is 1. The van der Waals surface area contributed by atoms with Gasteiger partial charge in [-0.05, 0) is 44.1 Å². The van der Waals surface area contributed by atoms with Crippen LogP contribution in [0.2, 0.25) is 0 Å². The van der Waals surface area contributed by atoms with Crippen LogP contribution in [-0.2, 0) is 0 Å². The van der Waals surface area contributed by atoms with Gasteiger partial charge in [0.25, 0.3) is 0 Å². The van der Waals surface area contributed by atoms with Gasteiger partial charge in [0, 0.05) is 25.7 Å². The van der Waals surface area contributed by atoms with Gasteiger partial charge in [0.15, 0.2) is 0 Å². The van der Waals surface area contributed by atoms with Crippen LogP contribution in [0, 0.1) is 11.8 Å². The van der Waals surface area contributed by atoms with E-state index in [-0.39, 0.29) is 0 Å². The first kappa shape index (κ1) is 14.3. The third-order valence-electron chi connectivity index (χ3n) is 4.40. The van der Waals surface area contributed by atoms with Crippen LogP contribution >= 0.6 is 0 Å². The molecule has 2 aliphatic carbocycles.